The molecule has 0 aliphatic rings. The van der Waals surface area contributed by atoms with Crippen LogP contribution in [-0.2, 0) is 10.0 Å². The quantitative estimate of drug-likeness (QED) is 0.760. The van der Waals surface area contributed by atoms with Crippen LogP contribution < -0.4 is 14.2 Å². The smallest absolute Gasteiger partial charge is 0.240 e. The fourth-order valence-electron chi connectivity index (χ4n) is 2.24. The third-order valence-corrected chi connectivity index (χ3v) is 5.53. The van der Waals surface area contributed by atoms with Gasteiger partial charge in [-0.15, -0.1) is 0 Å². The molecule has 0 saturated heterocycles. The van der Waals surface area contributed by atoms with Gasteiger partial charge in [0, 0.05) is 11.6 Å². The van der Waals surface area contributed by atoms with Gasteiger partial charge in [0.2, 0.25) is 10.0 Å². The first-order chi connectivity index (χ1) is 11.3. The second-order valence-electron chi connectivity index (χ2n) is 5.22. The molecule has 0 aliphatic heterocycles. The lowest BCUT2D eigenvalue weighted by Gasteiger charge is -2.14. The fourth-order valence-corrected chi connectivity index (χ4v) is 3.67. The van der Waals surface area contributed by atoms with Gasteiger partial charge in [0.05, 0.1) is 12.0 Å². The molecule has 0 heterocycles. The molecule has 24 heavy (non-hydrogen) atoms. The molecule has 0 fully saturated rings. The average molecular weight is 370 g/mol. The summed E-state index contributed by atoms with van der Waals surface area (Å²) in [6, 6.07) is 10.1. The second kappa shape index (κ2) is 7.88. The molecule has 0 radical (unpaired) electrons. The van der Waals surface area contributed by atoms with Crippen LogP contribution in [-0.4, -0.2) is 28.7 Å². The molecule has 0 amide bonds. The Hall–Kier alpha value is -1.76. The molecule has 2 aromatic carbocycles. The van der Waals surface area contributed by atoms with Gasteiger partial charge in [-0.3, -0.25) is 0 Å². The van der Waals surface area contributed by atoms with E-state index in [2.05, 4.69) is 4.72 Å². The highest BCUT2D eigenvalue weighted by molar-refractivity contribution is 7.89. The fraction of sp³-hybridized carbons (Fsp3) is 0.294. The van der Waals surface area contributed by atoms with E-state index in [1.54, 1.807) is 50.4 Å². The SMILES string of the molecule is COc1ccc(S(=O)(=O)NCCOc2ccc(Cl)cc2)c(C)c1C. The van der Waals surface area contributed by atoms with Crippen molar-refractivity contribution >= 4 is 21.6 Å². The normalized spacial score (nSPS) is 11.3. The molecule has 7 heteroatoms. The standard InChI is InChI=1S/C17H20ClNO4S/c1-12-13(2)17(9-8-16(12)22-3)24(20,21)19-10-11-23-15-6-4-14(18)5-7-15/h4-9,19H,10-11H2,1-3H3. The number of hydrogen-bond acceptors (Lipinski definition) is 4. The van der Waals surface area contributed by atoms with Gasteiger partial charge in [0.1, 0.15) is 18.1 Å². The molecular weight excluding hydrogens is 350 g/mol. The maximum absolute atomic E-state index is 12.4. The number of nitrogens with one attached hydrogen (secondary N) is 1. The van der Waals surface area contributed by atoms with Crippen LogP contribution in [0.4, 0.5) is 0 Å². The van der Waals surface area contributed by atoms with Gasteiger partial charge in [-0.25, -0.2) is 13.1 Å². The van der Waals surface area contributed by atoms with E-state index in [-0.39, 0.29) is 18.0 Å². The van der Waals surface area contributed by atoms with Crippen molar-refractivity contribution in [1.82, 2.24) is 4.72 Å². The molecule has 0 bridgehead atoms. The zero-order valence-electron chi connectivity index (χ0n) is 13.8. The lowest BCUT2D eigenvalue weighted by atomic mass is 10.1. The third-order valence-electron chi connectivity index (χ3n) is 3.67. The van der Waals surface area contributed by atoms with Crippen molar-refractivity contribution in [3.63, 3.8) is 0 Å². The summed E-state index contributed by atoms with van der Waals surface area (Å²) in [6.07, 6.45) is 0. The zero-order chi connectivity index (χ0) is 17.7. The molecule has 0 unspecified atom stereocenters. The van der Waals surface area contributed by atoms with Crippen LogP contribution in [0.15, 0.2) is 41.3 Å². The van der Waals surface area contributed by atoms with Gasteiger partial charge < -0.3 is 9.47 Å². The maximum Gasteiger partial charge on any atom is 0.240 e. The van der Waals surface area contributed by atoms with Gasteiger partial charge in [-0.05, 0) is 61.4 Å². The highest BCUT2D eigenvalue weighted by Crippen LogP contribution is 2.26. The molecular formula is C17H20ClNO4S. The minimum atomic E-state index is -3.61. The van der Waals surface area contributed by atoms with E-state index >= 15 is 0 Å². The molecule has 0 aromatic heterocycles. The van der Waals surface area contributed by atoms with Gasteiger partial charge in [0.25, 0.3) is 0 Å². The van der Waals surface area contributed by atoms with Crippen LogP contribution in [0.25, 0.3) is 0 Å². The van der Waals surface area contributed by atoms with E-state index in [4.69, 9.17) is 21.1 Å². The van der Waals surface area contributed by atoms with Crippen LogP contribution in [0.2, 0.25) is 5.02 Å². The first-order valence-corrected chi connectivity index (χ1v) is 9.23. The highest BCUT2D eigenvalue weighted by atomic mass is 35.5. The number of rotatable bonds is 7. The Kier molecular flexibility index (Phi) is 6.10. The Morgan fingerprint density at radius 3 is 2.33 bits per heavy atom. The molecule has 1 N–H and O–H groups in total. The predicted molar refractivity (Wildman–Crippen MR) is 94.6 cm³/mol. The Labute approximate surface area is 147 Å². The zero-order valence-corrected chi connectivity index (χ0v) is 15.4. The van der Waals surface area contributed by atoms with Crippen molar-refractivity contribution in [2.75, 3.05) is 20.3 Å². The summed E-state index contributed by atoms with van der Waals surface area (Å²) < 4.78 is 38.1. The van der Waals surface area contributed by atoms with Crippen LogP contribution in [0.1, 0.15) is 11.1 Å². The summed E-state index contributed by atoms with van der Waals surface area (Å²) >= 11 is 5.79. The van der Waals surface area contributed by atoms with Crippen molar-refractivity contribution in [1.29, 1.82) is 0 Å². The number of hydrogen-bond donors (Lipinski definition) is 1. The van der Waals surface area contributed by atoms with Crippen LogP contribution in [0.5, 0.6) is 11.5 Å². The molecule has 0 aliphatic carbocycles. The molecule has 0 atom stereocenters. The average Bonchev–Trinajstić information content (AvgIpc) is 2.55. The number of halogens is 1. The van der Waals surface area contributed by atoms with Crippen molar-refractivity contribution < 1.29 is 17.9 Å². The van der Waals surface area contributed by atoms with E-state index in [1.165, 1.54) is 0 Å². The monoisotopic (exact) mass is 369 g/mol. The summed E-state index contributed by atoms with van der Waals surface area (Å²) in [6.45, 7) is 3.97. The van der Waals surface area contributed by atoms with Gasteiger partial charge in [0.15, 0.2) is 0 Å². The minimum Gasteiger partial charge on any atom is -0.496 e. The van der Waals surface area contributed by atoms with Gasteiger partial charge >= 0.3 is 0 Å². The van der Waals surface area contributed by atoms with E-state index in [1.807, 2.05) is 6.92 Å². The van der Waals surface area contributed by atoms with Crippen molar-refractivity contribution in [2.45, 2.75) is 18.7 Å². The van der Waals surface area contributed by atoms with Crippen LogP contribution in [0, 0.1) is 13.8 Å². The first kappa shape index (κ1) is 18.6. The number of ether oxygens (including phenoxy) is 2. The van der Waals surface area contributed by atoms with Gasteiger partial charge in [-0.2, -0.15) is 0 Å². The van der Waals surface area contributed by atoms with E-state index < -0.39 is 10.0 Å². The summed E-state index contributed by atoms with van der Waals surface area (Å²) in [5.74, 6) is 1.30. The summed E-state index contributed by atoms with van der Waals surface area (Å²) in [4.78, 5) is 0.243. The molecule has 2 aromatic rings. The number of methoxy groups -OCH3 is 1. The lowest BCUT2D eigenvalue weighted by molar-refractivity contribution is 0.323. The molecule has 0 saturated carbocycles. The van der Waals surface area contributed by atoms with E-state index in [0.29, 0.717) is 22.1 Å². The Morgan fingerprint density at radius 2 is 1.71 bits per heavy atom. The van der Waals surface area contributed by atoms with Crippen molar-refractivity contribution in [3.05, 3.63) is 52.5 Å². The number of benzene rings is 2. The van der Waals surface area contributed by atoms with Gasteiger partial charge in [-0.1, -0.05) is 11.6 Å². The van der Waals surface area contributed by atoms with Crippen molar-refractivity contribution in [3.8, 4) is 11.5 Å². The van der Waals surface area contributed by atoms with Crippen molar-refractivity contribution in [2.24, 2.45) is 0 Å². The molecule has 2 rings (SSSR count). The summed E-state index contributed by atoms with van der Waals surface area (Å²) in [7, 11) is -2.05. The van der Waals surface area contributed by atoms with Crippen LogP contribution in [0.3, 0.4) is 0 Å². The Balaban J connectivity index is 1.99. The minimum absolute atomic E-state index is 0.162. The Bertz CT molecular complexity index is 804. The number of sulfonamides is 1. The highest BCUT2D eigenvalue weighted by Gasteiger charge is 2.19. The third kappa shape index (κ3) is 4.41. The predicted octanol–water partition coefficient (Wildman–Crippen LogP) is 3.32. The summed E-state index contributed by atoms with van der Waals surface area (Å²) in [5.41, 5.74) is 1.47. The first-order valence-electron chi connectivity index (χ1n) is 7.37. The second-order valence-corrected chi connectivity index (χ2v) is 7.39. The van der Waals surface area contributed by atoms with E-state index in [0.717, 1.165) is 5.56 Å². The Morgan fingerprint density at radius 1 is 1.04 bits per heavy atom. The topological polar surface area (TPSA) is 64.6 Å². The maximum atomic E-state index is 12.4. The molecule has 5 nitrogen and oxygen atoms in total. The molecule has 0 spiro atoms. The largest absolute Gasteiger partial charge is 0.496 e. The lowest BCUT2D eigenvalue weighted by Crippen LogP contribution is -2.29. The molecule has 130 valence electrons. The van der Waals surface area contributed by atoms with Crippen LogP contribution >= 0.6 is 11.6 Å². The van der Waals surface area contributed by atoms with E-state index in [9.17, 15) is 8.42 Å². The summed E-state index contributed by atoms with van der Waals surface area (Å²) in [5, 5.41) is 0.619.